The second kappa shape index (κ2) is 7.29. The molecule has 0 atom stereocenters. The fraction of sp³-hybridized carbons (Fsp3) is 0.571. The zero-order valence-electron chi connectivity index (χ0n) is 11.1. The van der Waals surface area contributed by atoms with Crippen LogP contribution in [0.3, 0.4) is 0 Å². The normalized spacial score (nSPS) is 10.4. The lowest BCUT2D eigenvalue weighted by atomic mass is 9.87. The first kappa shape index (κ1) is 15.0. The van der Waals surface area contributed by atoms with Crippen molar-refractivity contribution in [3.8, 4) is 5.75 Å². The number of aliphatic hydroxyl groups is 1. The van der Waals surface area contributed by atoms with E-state index < -0.39 is 0 Å². The molecule has 0 aliphatic carbocycles. The summed E-state index contributed by atoms with van der Waals surface area (Å²) >= 11 is 0. The molecule has 0 aliphatic heterocycles. The number of ether oxygens (including phenoxy) is 1. The van der Waals surface area contributed by atoms with Gasteiger partial charge < -0.3 is 9.84 Å². The van der Waals surface area contributed by atoms with Crippen molar-refractivity contribution >= 4 is 0 Å². The summed E-state index contributed by atoms with van der Waals surface area (Å²) in [7, 11) is 0. The highest BCUT2D eigenvalue weighted by Crippen LogP contribution is 2.25. The third-order valence-corrected chi connectivity index (χ3v) is 2.01. The largest absolute Gasteiger partial charge is 0.494 e. The van der Waals surface area contributed by atoms with E-state index in [2.05, 4.69) is 32.9 Å². The average molecular weight is 224 g/mol. The van der Waals surface area contributed by atoms with E-state index in [9.17, 15) is 0 Å². The van der Waals surface area contributed by atoms with Gasteiger partial charge in [-0.3, -0.25) is 0 Å². The second-order valence-electron chi connectivity index (χ2n) is 4.53. The smallest absolute Gasteiger partial charge is 0.119 e. The first-order valence-electron chi connectivity index (χ1n) is 5.79. The van der Waals surface area contributed by atoms with Crippen LogP contribution in [0.1, 0.15) is 40.2 Å². The van der Waals surface area contributed by atoms with Crippen molar-refractivity contribution in [1.29, 1.82) is 0 Å². The number of rotatable bonds is 2. The van der Waals surface area contributed by atoms with E-state index in [-0.39, 0.29) is 12.0 Å². The minimum atomic E-state index is 0.201. The Morgan fingerprint density at radius 3 is 2.19 bits per heavy atom. The SMILES string of the molecule is CCO.CCOc1cccc(C(C)(C)C)c1. The lowest BCUT2D eigenvalue weighted by Gasteiger charge is -2.19. The first-order chi connectivity index (χ1) is 7.45. The maximum atomic E-state index is 7.57. The molecule has 0 spiro atoms. The molecule has 92 valence electrons. The minimum absolute atomic E-state index is 0.201. The van der Waals surface area contributed by atoms with E-state index in [1.807, 2.05) is 19.1 Å². The van der Waals surface area contributed by atoms with Gasteiger partial charge >= 0.3 is 0 Å². The van der Waals surface area contributed by atoms with Gasteiger partial charge in [0.05, 0.1) is 6.61 Å². The van der Waals surface area contributed by atoms with Gasteiger partial charge in [-0.2, -0.15) is 0 Å². The number of hydrogen-bond acceptors (Lipinski definition) is 2. The van der Waals surface area contributed by atoms with Gasteiger partial charge in [0.2, 0.25) is 0 Å². The van der Waals surface area contributed by atoms with Crippen molar-refractivity contribution in [1.82, 2.24) is 0 Å². The van der Waals surface area contributed by atoms with Gasteiger partial charge in [0.15, 0.2) is 0 Å². The van der Waals surface area contributed by atoms with Crippen LogP contribution in [0.15, 0.2) is 24.3 Å². The molecular formula is C14H24O2. The Morgan fingerprint density at radius 2 is 1.75 bits per heavy atom. The summed E-state index contributed by atoms with van der Waals surface area (Å²) < 4.78 is 5.44. The van der Waals surface area contributed by atoms with E-state index in [0.29, 0.717) is 0 Å². The third kappa shape index (κ3) is 5.76. The van der Waals surface area contributed by atoms with E-state index in [1.54, 1.807) is 6.92 Å². The van der Waals surface area contributed by atoms with E-state index in [4.69, 9.17) is 9.84 Å². The predicted molar refractivity (Wildman–Crippen MR) is 69.1 cm³/mol. The standard InChI is InChI=1S/C12H18O.C2H6O/c1-5-13-11-8-6-7-10(9-11)12(2,3)4;1-2-3/h6-9H,5H2,1-4H3;3H,2H2,1H3. The van der Waals surface area contributed by atoms with Crippen molar-refractivity contribution in [2.45, 2.75) is 40.0 Å². The van der Waals surface area contributed by atoms with Crippen LogP contribution >= 0.6 is 0 Å². The summed E-state index contributed by atoms with van der Waals surface area (Å²) in [5.74, 6) is 0.968. The predicted octanol–water partition coefficient (Wildman–Crippen LogP) is 3.38. The molecule has 0 heterocycles. The number of hydrogen-bond donors (Lipinski definition) is 1. The van der Waals surface area contributed by atoms with Crippen molar-refractivity contribution < 1.29 is 9.84 Å². The Labute approximate surface area is 99.3 Å². The Hall–Kier alpha value is -1.02. The summed E-state index contributed by atoms with van der Waals surface area (Å²) in [6.07, 6.45) is 0. The Bertz CT molecular complexity index is 287. The lowest BCUT2D eigenvalue weighted by molar-refractivity contribution is 0.318. The molecule has 0 saturated carbocycles. The summed E-state index contributed by atoms with van der Waals surface area (Å²) in [4.78, 5) is 0. The molecule has 0 amide bonds. The quantitative estimate of drug-likeness (QED) is 0.834. The van der Waals surface area contributed by atoms with Crippen LogP contribution in [-0.2, 0) is 5.41 Å². The molecular weight excluding hydrogens is 200 g/mol. The average Bonchev–Trinajstić information content (AvgIpc) is 2.18. The van der Waals surface area contributed by atoms with Gasteiger partial charge in [-0.05, 0) is 37.0 Å². The van der Waals surface area contributed by atoms with Crippen LogP contribution in [0.25, 0.3) is 0 Å². The highest BCUT2D eigenvalue weighted by molar-refractivity contribution is 5.32. The number of benzene rings is 1. The summed E-state index contributed by atoms with van der Waals surface area (Å²) in [5, 5.41) is 7.57. The monoisotopic (exact) mass is 224 g/mol. The van der Waals surface area contributed by atoms with Crippen molar-refractivity contribution in [3.05, 3.63) is 29.8 Å². The zero-order chi connectivity index (χ0) is 12.6. The topological polar surface area (TPSA) is 29.5 Å². The fourth-order valence-electron chi connectivity index (χ4n) is 1.22. The van der Waals surface area contributed by atoms with Gasteiger partial charge in [-0.1, -0.05) is 32.9 Å². The molecule has 2 heteroatoms. The van der Waals surface area contributed by atoms with Crippen LogP contribution in [0.5, 0.6) is 5.75 Å². The molecule has 2 nitrogen and oxygen atoms in total. The van der Waals surface area contributed by atoms with Crippen LogP contribution < -0.4 is 4.74 Å². The Morgan fingerprint density at radius 1 is 1.19 bits per heavy atom. The Kier molecular flexibility index (Phi) is 6.82. The van der Waals surface area contributed by atoms with Crippen molar-refractivity contribution in [2.75, 3.05) is 13.2 Å². The molecule has 1 aromatic rings. The van der Waals surface area contributed by atoms with E-state index >= 15 is 0 Å². The molecule has 0 saturated heterocycles. The van der Waals surface area contributed by atoms with Crippen LogP contribution in [0.4, 0.5) is 0 Å². The Balaban J connectivity index is 0.000000673. The van der Waals surface area contributed by atoms with Gasteiger partial charge in [0.25, 0.3) is 0 Å². The first-order valence-corrected chi connectivity index (χ1v) is 5.79. The molecule has 0 fully saturated rings. The second-order valence-corrected chi connectivity index (χ2v) is 4.53. The molecule has 0 aromatic heterocycles. The number of aliphatic hydroxyl groups excluding tert-OH is 1. The lowest BCUT2D eigenvalue weighted by Crippen LogP contribution is -2.10. The van der Waals surface area contributed by atoms with Crippen LogP contribution in [0, 0.1) is 0 Å². The molecule has 1 aromatic carbocycles. The highest BCUT2D eigenvalue weighted by Gasteiger charge is 2.13. The molecule has 0 aliphatic rings. The third-order valence-electron chi connectivity index (χ3n) is 2.01. The van der Waals surface area contributed by atoms with Gasteiger partial charge in [-0.15, -0.1) is 0 Å². The highest BCUT2D eigenvalue weighted by atomic mass is 16.5. The molecule has 0 radical (unpaired) electrons. The summed E-state index contributed by atoms with van der Waals surface area (Å²) in [5.41, 5.74) is 1.52. The van der Waals surface area contributed by atoms with Crippen LogP contribution in [-0.4, -0.2) is 18.3 Å². The van der Waals surface area contributed by atoms with E-state index in [0.717, 1.165) is 12.4 Å². The van der Waals surface area contributed by atoms with E-state index in [1.165, 1.54) is 5.56 Å². The summed E-state index contributed by atoms with van der Waals surface area (Å²) in [6, 6.07) is 8.30. The van der Waals surface area contributed by atoms with Crippen molar-refractivity contribution in [2.24, 2.45) is 0 Å². The van der Waals surface area contributed by atoms with Gasteiger partial charge in [-0.25, -0.2) is 0 Å². The maximum Gasteiger partial charge on any atom is 0.119 e. The molecule has 16 heavy (non-hydrogen) atoms. The maximum absolute atomic E-state index is 7.57. The van der Waals surface area contributed by atoms with Gasteiger partial charge in [0, 0.05) is 6.61 Å². The van der Waals surface area contributed by atoms with Gasteiger partial charge in [0.1, 0.15) is 5.75 Å². The van der Waals surface area contributed by atoms with Crippen molar-refractivity contribution in [3.63, 3.8) is 0 Å². The molecule has 0 bridgehead atoms. The molecule has 0 unspecified atom stereocenters. The molecule has 1 rings (SSSR count). The minimum Gasteiger partial charge on any atom is -0.494 e. The van der Waals surface area contributed by atoms with Crippen LogP contribution in [0.2, 0.25) is 0 Å². The zero-order valence-corrected chi connectivity index (χ0v) is 11.1. The molecule has 1 N–H and O–H groups in total. The fourth-order valence-corrected chi connectivity index (χ4v) is 1.22. The summed E-state index contributed by atoms with van der Waals surface area (Å²) in [6.45, 7) is 11.3.